The molecule has 266 valence electrons. The number of rotatable bonds is 7. The zero-order chi connectivity index (χ0) is 34.5. The van der Waals surface area contributed by atoms with E-state index in [1.807, 2.05) is 6.92 Å². The number of nitrogens with one attached hydrogen (secondary N) is 1. The summed E-state index contributed by atoms with van der Waals surface area (Å²) in [7, 11) is 0. The summed E-state index contributed by atoms with van der Waals surface area (Å²) in [6, 6.07) is 8.44. The number of fused-ring (bicyclic) bond motifs is 7. The van der Waals surface area contributed by atoms with Crippen LogP contribution < -0.4 is 5.32 Å². The number of carbonyl (C=O) groups is 1. The molecule has 4 saturated carbocycles. The molecule has 7 rings (SSSR count). The van der Waals surface area contributed by atoms with E-state index in [1.165, 1.54) is 108 Å². The third-order valence-corrected chi connectivity index (χ3v) is 16.3. The van der Waals surface area contributed by atoms with Gasteiger partial charge in [-0.1, -0.05) is 72.2 Å². The van der Waals surface area contributed by atoms with E-state index in [9.17, 15) is 9.90 Å². The van der Waals surface area contributed by atoms with E-state index in [0.717, 1.165) is 30.2 Å². The molecule has 0 aromatic heterocycles. The van der Waals surface area contributed by atoms with Gasteiger partial charge in [0.25, 0.3) is 0 Å². The summed E-state index contributed by atoms with van der Waals surface area (Å²) >= 11 is 0. The maximum Gasteiger partial charge on any atom is 0.335 e. The first kappa shape index (κ1) is 35.9. The Morgan fingerprint density at radius 2 is 1.65 bits per heavy atom. The molecule has 1 aliphatic heterocycles. The van der Waals surface area contributed by atoms with Crippen molar-refractivity contribution < 1.29 is 9.90 Å². The maximum atomic E-state index is 11.5. The highest BCUT2D eigenvalue weighted by Gasteiger charge is 2.69. The van der Waals surface area contributed by atoms with Gasteiger partial charge < -0.3 is 10.4 Å². The minimum Gasteiger partial charge on any atom is -0.478 e. The number of hydrogen-bond acceptors (Lipinski definition) is 3. The van der Waals surface area contributed by atoms with Crippen molar-refractivity contribution in [1.82, 2.24) is 10.2 Å². The monoisotopic (exact) mass is 657 g/mol. The van der Waals surface area contributed by atoms with Crippen LogP contribution in [0.2, 0.25) is 0 Å². The summed E-state index contributed by atoms with van der Waals surface area (Å²) in [6.45, 7) is 25.7. The Kier molecular flexibility index (Phi) is 9.97. The number of nitrogens with zero attached hydrogens (tertiary/aromatic N) is 1. The molecule has 1 aromatic carbocycles. The first-order chi connectivity index (χ1) is 22.8. The van der Waals surface area contributed by atoms with Gasteiger partial charge in [0.1, 0.15) is 0 Å². The van der Waals surface area contributed by atoms with Gasteiger partial charge in [-0.2, -0.15) is 0 Å². The highest BCUT2D eigenvalue weighted by molar-refractivity contribution is 5.88. The van der Waals surface area contributed by atoms with Gasteiger partial charge in [-0.25, -0.2) is 4.79 Å². The summed E-state index contributed by atoms with van der Waals surface area (Å²) in [4.78, 5) is 14.2. The van der Waals surface area contributed by atoms with Crippen LogP contribution in [-0.4, -0.2) is 48.2 Å². The molecule has 9 atom stereocenters. The molecule has 0 bridgehead atoms. The first-order valence-electron chi connectivity index (χ1n) is 19.9. The fourth-order valence-corrected chi connectivity index (χ4v) is 13.9. The zero-order valence-corrected chi connectivity index (χ0v) is 31.7. The highest BCUT2D eigenvalue weighted by Crippen LogP contribution is 2.77. The third kappa shape index (κ3) is 5.58. The van der Waals surface area contributed by atoms with Gasteiger partial charge in [0.05, 0.1) is 5.56 Å². The second-order valence-electron chi connectivity index (χ2n) is 18.4. The van der Waals surface area contributed by atoms with Crippen molar-refractivity contribution in [3.63, 3.8) is 0 Å². The quantitative estimate of drug-likeness (QED) is 0.287. The molecule has 4 nitrogen and oxygen atoms in total. The molecule has 1 aromatic rings. The Balaban J connectivity index is 0.00000129. The largest absolute Gasteiger partial charge is 0.478 e. The average Bonchev–Trinajstić information content (AvgIpc) is 3.69. The van der Waals surface area contributed by atoms with Gasteiger partial charge in [-0.3, -0.25) is 4.90 Å². The predicted octanol–water partition coefficient (Wildman–Crippen LogP) is 10.5. The molecule has 5 aliphatic carbocycles. The van der Waals surface area contributed by atoms with E-state index < -0.39 is 5.97 Å². The summed E-state index contributed by atoms with van der Waals surface area (Å²) < 4.78 is 0. The molecule has 0 spiro atoms. The first-order valence-corrected chi connectivity index (χ1v) is 19.9. The Morgan fingerprint density at radius 3 is 2.33 bits per heavy atom. The van der Waals surface area contributed by atoms with E-state index in [-0.39, 0.29) is 5.41 Å². The Morgan fingerprint density at radius 1 is 0.917 bits per heavy atom. The van der Waals surface area contributed by atoms with Crippen LogP contribution in [0.1, 0.15) is 141 Å². The van der Waals surface area contributed by atoms with Crippen LogP contribution >= 0.6 is 0 Å². The number of carboxylic acids is 1. The van der Waals surface area contributed by atoms with E-state index in [0.29, 0.717) is 33.1 Å². The van der Waals surface area contributed by atoms with Crippen LogP contribution in [0.15, 0.2) is 43.0 Å². The second kappa shape index (κ2) is 13.3. The standard InChI is InChI=1S/C41H62N2O2.C3H6/c1-7-43-25-9-10-30(43)26-42-27-41-20-8-11-33(41)32-16-17-35-38(4)21-18-31(28-12-14-29(15-13-28)36(44)45)37(2,3)34(38)19-22-40(35,6)39(32,5)23-24-41;1-3-2/h12-15,18,30,32-35,42H,7-11,16-17,19-27H2,1-6H3,(H,44,45);3H,1H2,2H3/t30?,32?,33?,34?,35?,38?,39-,40?,41?;/m1./s1. The molecule has 5 fully saturated rings. The van der Waals surface area contributed by atoms with Crippen molar-refractivity contribution in [2.45, 2.75) is 132 Å². The Hall–Kier alpha value is -1.91. The van der Waals surface area contributed by atoms with Crippen LogP contribution in [0, 0.1) is 50.7 Å². The van der Waals surface area contributed by atoms with Crippen LogP contribution in [0.5, 0.6) is 0 Å². The smallest absolute Gasteiger partial charge is 0.335 e. The fourth-order valence-electron chi connectivity index (χ4n) is 13.9. The number of aromatic carboxylic acids is 1. The fraction of sp³-hybridized carbons (Fsp3) is 0.750. The summed E-state index contributed by atoms with van der Waals surface area (Å²) in [5, 5.41) is 13.6. The van der Waals surface area contributed by atoms with Crippen LogP contribution in [0.4, 0.5) is 0 Å². The van der Waals surface area contributed by atoms with E-state index in [4.69, 9.17) is 0 Å². The number of allylic oxidation sites excluding steroid dienone is 3. The van der Waals surface area contributed by atoms with Crippen molar-refractivity contribution in [3.8, 4) is 0 Å². The Bertz CT molecular complexity index is 1360. The van der Waals surface area contributed by atoms with Crippen LogP contribution in [0.3, 0.4) is 0 Å². The third-order valence-electron chi connectivity index (χ3n) is 16.3. The zero-order valence-electron chi connectivity index (χ0n) is 31.7. The summed E-state index contributed by atoms with van der Waals surface area (Å²) in [5.41, 5.74) is 4.78. The topological polar surface area (TPSA) is 52.6 Å². The molecule has 8 unspecified atom stereocenters. The molecule has 1 saturated heterocycles. The predicted molar refractivity (Wildman–Crippen MR) is 201 cm³/mol. The molecule has 2 N–H and O–H groups in total. The molecule has 0 amide bonds. The summed E-state index contributed by atoms with van der Waals surface area (Å²) in [6.07, 6.45) is 21.0. The average molecular weight is 657 g/mol. The highest BCUT2D eigenvalue weighted by atomic mass is 16.4. The molecular formula is C44H68N2O2. The lowest BCUT2D eigenvalue weighted by atomic mass is 9.32. The number of carboxylic acid groups (broad SMARTS) is 1. The molecule has 1 heterocycles. The van der Waals surface area contributed by atoms with Gasteiger partial charge in [-0.15, -0.1) is 6.58 Å². The minimum atomic E-state index is -0.845. The lowest BCUT2D eigenvalue weighted by Gasteiger charge is -2.72. The van der Waals surface area contributed by atoms with E-state index in [1.54, 1.807) is 18.2 Å². The van der Waals surface area contributed by atoms with Crippen molar-refractivity contribution in [3.05, 3.63) is 54.1 Å². The van der Waals surface area contributed by atoms with E-state index >= 15 is 0 Å². The van der Waals surface area contributed by atoms with Crippen molar-refractivity contribution in [2.24, 2.45) is 50.7 Å². The maximum absolute atomic E-state index is 11.5. The number of likely N-dealkylation sites (tertiary alicyclic amines) is 1. The normalized spacial score (nSPS) is 41.5. The molecule has 4 heteroatoms. The van der Waals surface area contributed by atoms with Gasteiger partial charge in [0.2, 0.25) is 0 Å². The molecular weight excluding hydrogens is 588 g/mol. The van der Waals surface area contributed by atoms with Gasteiger partial charge in [0.15, 0.2) is 0 Å². The van der Waals surface area contributed by atoms with Gasteiger partial charge in [-0.05, 0) is 165 Å². The van der Waals surface area contributed by atoms with Gasteiger partial charge in [0, 0.05) is 19.1 Å². The summed E-state index contributed by atoms with van der Waals surface area (Å²) in [5.74, 6) is 2.36. The lowest BCUT2D eigenvalue weighted by molar-refractivity contribution is -0.222. The van der Waals surface area contributed by atoms with Crippen molar-refractivity contribution >= 4 is 11.5 Å². The molecule has 48 heavy (non-hydrogen) atoms. The number of likely N-dealkylation sites (N-methyl/N-ethyl adjacent to an activating group) is 1. The molecule has 0 radical (unpaired) electrons. The second-order valence-corrected chi connectivity index (χ2v) is 18.4. The minimum absolute atomic E-state index is 0.0718. The van der Waals surface area contributed by atoms with E-state index in [2.05, 4.69) is 76.5 Å². The molecule has 6 aliphatic rings. The number of benzene rings is 1. The van der Waals surface area contributed by atoms with Crippen LogP contribution in [0.25, 0.3) is 5.57 Å². The Labute approximate surface area is 293 Å². The number of hydrogen-bond donors (Lipinski definition) is 2. The van der Waals surface area contributed by atoms with Crippen molar-refractivity contribution in [1.29, 1.82) is 0 Å². The van der Waals surface area contributed by atoms with Gasteiger partial charge >= 0.3 is 5.97 Å². The lowest BCUT2D eigenvalue weighted by Crippen LogP contribution is -2.65. The SMILES string of the molecule is C=CC.CCN1CCCC1CNCC12CCCC1C1CCC3C4(C)CC=C(c5ccc(C(=O)O)cc5)C(C)(C)C4CCC3(C)[C@]1(C)CC2. The van der Waals surface area contributed by atoms with Crippen LogP contribution in [-0.2, 0) is 0 Å². The van der Waals surface area contributed by atoms with Crippen molar-refractivity contribution in [2.75, 3.05) is 26.2 Å².